The van der Waals surface area contributed by atoms with E-state index in [1.807, 2.05) is 24.3 Å². The van der Waals surface area contributed by atoms with Crippen LogP contribution in [-0.4, -0.2) is 76.5 Å². The van der Waals surface area contributed by atoms with E-state index in [0.717, 1.165) is 10.8 Å². The smallest absolute Gasteiger partial charge is 0.871 e. The molecule has 0 saturated heterocycles. The van der Waals surface area contributed by atoms with E-state index in [0.29, 0.717) is 26.9 Å². The third-order valence-electron chi connectivity index (χ3n) is 8.48. The van der Waals surface area contributed by atoms with Gasteiger partial charge in [0.15, 0.2) is 0 Å². The number of azo groups is 2. The zero-order chi connectivity index (χ0) is 38.0. The number of aromatic hydroxyl groups is 1. The molecule has 0 radical (unpaired) electrons. The van der Waals surface area contributed by atoms with Crippen molar-refractivity contribution in [3.63, 3.8) is 0 Å². The zero-order valence-corrected chi connectivity index (χ0v) is 33.6. The van der Waals surface area contributed by atoms with Crippen LogP contribution in [0.5, 0.6) is 11.5 Å². The van der Waals surface area contributed by atoms with Gasteiger partial charge in [-0.25, -0.2) is 8.42 Å². The van der Waals surface area contributed by atoms with Crippen molar-refractivity contribution in [3.8, 4) is 11.5 Å². The number of phenolic OH excluding ortho intramolecular Hbond substituents is 1. The minimum Gasteiger partial charge on any atom is -0.871 e. The number of hydrogen-bond acceptors (Lipinski definition) is 11. The Morgan fingerprint density at radius 2 is 0.836 bits per heavy atom. The van der Waals surface area contributed by atoms with Gasteiger partial charge in [0.25, 0.3) is 10.1 Å². The van der Waals surface area contributed by atoms with Gasteiger partial charge in [0.2, 0.25) is 0 Å². The molecule has 12 nitrogen and oxygen atoms in total. The molecule has 55 heavy (non-hydrogen) atoms. The Kier molecular flexibility index (Phi) is 11.8. The third kappa shape index (κ3) is 8.44. The fourth-order valence-corrected chi connectivity index (χ4v) is 7.71. The molecule has 8 rings (SSSR count). The predicted molar refractivity (Wildman–Crippen MR) is 209 cm³/mol. The van der Waals surface area contributed by atoms with Crippen LogP contribution in [-0.2, 0) is 20.2 Å². The van der Waals surface area contributed by atoms with Gasteiger partial charge < -0.3 is 14.8 Å². The van der Waals surface area contributed by atoms with Crippen molar-refractivity contribution in [3.05, 3.63) is 146 Å². The normalized spacial score (nSPS) is 12.0. The largest absolute Gasteiger partial charge is 2.00 e. The number of fused-ring (bicyclic) bond motifs is 4. The van der Waals surface area contributed by atoms with E-state index in [1.54, 1.807) is 91.0 Å². The Morgan fingerprint density at radius 3 is 1.35 bits per heavy atom. The molecule has 15 heteroatoms. The van der Waals surface area contributed by atoms with Crippen LogP contribution >= 0.6 is 0 Å². The first-order valence-corrected chi connectivity index (χ1v) is 18.9. The van der Waals surface area contributed by atoms with Crippen molar-refractivity contribution in [2.75, 3.05) is 0 Å². The molecule has 0 spiro atoms. The number of phenols is 1. The predicted octanol–water partition coefficient (Wildman–Crippen LogP) is 9.37. The van der Waals surface area contributed by atoms with Gasteiger partial charge >= 0.3 is 45.5 Å². The molecule has 0 aromatic heterocycles. The minimum atomic E-state index is -4.80. The van der Waals surface area contributed by atoms with Gasteiger partial charge in [0.1, 0.15) is 37.8 Å². The van der Waals surface area contributed by atoms with Crippen LogP contribution in [0.25, 0.3) is 43.1 Å². The molecule has 0 aliphatic heterocycles. The van der Waals surface area contributed by atoms with Crippen LogP contribution in [0.1, 0.15) is 0 Å². The van der Waals surface area contributed by atoms with Crippen LogP contribution in [0.3, 0.4) is 0 Å². The number of hydrogen-bond donors (Lipinski definition) is 2. The van der Waals surface area contributed by atoms with Gasteiger partial charge in [-0.1, -0.05) is 133 Å². The molecule has 0 aliphatic carbocycles. The van der Waals surface area contributed by atoms with Gasteiger partial charge in [-0.05, 0) is 39.7 Å². The second kappa shape index (κ2) is 16.3. The van der Waals surface area contributed by atoms with Gasteiger partial charge in [0, 0.05) is 21.5 Å². The molecule has 0 saturated carbocycles. The standard InChI is InChI=1S/2C20H14N2O4S.Sr/c2*23-18-12-10-13-5-1-3-7-15(13)19(18)22-21-17-11-9-14-6-2-4-8-16(14)20(17)27(24,25)26;/h2*1-12,23H,(H,24,25,26);/q;;+2/p-2. The molecule has 0 amide bonds. The second-order valence-electron chi connectivity index (χ2n) is 11.9. The van der Waals surface area contributed by atoms with Gasteiger partial charge in [-0.2, -0.15) is 13.5 Å². The first kappa shape index (κ1) is 39.6. The summed E-state index contributed by atoms with van der Waals surface area (Å²) in [5, 5.41) is 43.2. The topological polar surface area (TPSA) is 204 Å². The molecule has 8 aromatic carbocycles. The van der Waals surface area contributed by atoms with Gasteiger partial charge in [0.05, 0.1) is 10.6 Å². The van der Waals surface area contributed by atoms with Crippen molar-refractivity contribution in [1.82, 2.24) is 0 Å². The zero-order valence-electron chi connectivity index (χ0n) is 28.5. The molecule has 0 unspecified atom stereocenters. The molecule has 0 aliphatic rings. The Hall–Kier alpha value is -5.10. The summed E-state index contributed by atoms with van der Waals surface area (Å²) < 4.78 is 69.2. The van der Waals surface area contributed by atoms with Crippen molar-refractivity contribution >= 4 is 132 Å². The number of benzene rings is 8. The van der Waals surface area contributed by atoms with Crippen LogP contribution in [0, 0.1) is 0 Å². The monoisotopic (exact) mass is 842 g/mol. The van der Waals surface area contributed by atoms with Gasteiger partial charge in [-0.15, -0.1) is 15.3 Å². The summed E-state index contributed by atoms with van der Waals surface area (Å²) in [4.78, 5) is -0.763. The molecule has 8 aromatic rings. The Balaban J connectivity index is 0.000000184. The molecule has 0 heterocycles. The van der Waals surface area contributed by atoms with E-state index in [2.05, 4.69) is 20.5 Å². The molecule has 0 atom stereocenters. The number of rotatable bonds is 6. The van der Waals surface area contributed by atoms with Crippen LogP contribution in [0.4, 0.5) is 22.7 Å². The van der Waals surface area contributed by atoms with E-state index in [9.17, 15) is 36.2 Å². The SMILES string of the molecule is O=S(=O)(O)c1c(N=Nc2c(O)ccc3ccccc23)ccc2ccccc12.O=S(=O)([O-])c1c(N=Nc2c([O-])ccc3ccccc23)ccc2ccccc12.[Sr+2]. The summed E-state index contributed by atoms with van der Waals surface area (Å²) in [6, 6.07) is 40.4. The summed E-state index contributed by atoms with van der Waals surface area (Å²) >= 11 is 0. The summed E-state index contributed by atoms with van der Waals surface area (Å²) in [7, 11) is -9.33. The van der Waals surface area contributed by atoms with E-state index in [4.69, 9.17) is 0 Å². The van der Waals surface area contributed by atoms with Gasteiger partial charge in [-0.3, -0.25) is 4.55 Å². The van der Waals surface area contributed by atoms with Crippen molar-refractivity contribution < 1.29 is 36.2 Å². The van der Waals surface area contributed by atoms with Crippen LogP contribution < -0.4 is 5.11 Å². The van der Waals surface area contributed by atoms with Crippen molar-refractivity contribution in [2.24, 2.45) is 20.5 Å². The summed E-state index contributed by atoms with van der Waals surface area (Å²) in [6.45, 7) is 0. The Bertz CT molecular complexity index is 2840. The average Bonchev–Trinajstić information content (AvgIpc) is 3.16. The second-order valence-corrected chi connectivity index (χ2v) is 14.6. The fraction of sp³-hybridized carbons (Fsp3) is 0. The van der Waals surface area contributed by atoms with Crippen molar-refractivity contribution in [2.45, 2.75) is 9.79 Å². The van der Waals surface area contributed by atoms with Crippen LogP contribution in [0.15, 0.2) is 176 Å². The maximum atomic E-state index is 12.2. The quantitative estimate of drug-likeness (QED) is 0.0935. The van der Waals surface area contributed by atoms with E-state index in [-0.39, 0.29) is 90.0 Å². The average molecular weight is 842 g/mol. The number of nitrogens with zero attached hydrogens (tertiary/aromatic N) is 4. The summed E-state index contributed by atoms with van der Waals surface area (Å²) in [5.41, 5.74) is 0.206. The Morgan fingerprint density at radius 1 is 0.455 bits per heavy atom. The van der Waals surface area contributed by atoms with E-state index < -0.39 is 25.1 Å². The molecule has 0 bridgehead atoms. The van der Waals surface area contributed by atoms with Crippen LogP contribution in [0.2, 0.25) is 0 Å². The van der Waals surface area contributed by atoms with E-state index >= 15 is 0 Å². The first-order chi connectivity index (χ1) is 25.9. The molecular formula is C40H26N4O8S2Sr. The minimum absolute atomic E-state index is 0. The fourth-order valence-electron chi connectivity index (χ4n) is 6.05. The summed E-state index contributed by atoms with van der Waals surface area (Å²) in [6.07, 6.45) is 0. The first-order valence-electron chi connectivity index (χ1n) is 16.1. The molecule has 0 fully saturated rings. The maximum absolute atomic E-state index is 12.2. The maximum Gasteiger partial charge on any atom is 2.00 e. The summed E-state index contributed by atoms with van der Waals surface area (Å²) in [5.74, 6) is -0.420. The molecular weight excluding hydrogens is 816 g/mol. The van der Waals surface area contributed by atoms with Crippen molar-refractivity contribution in [1.29, 1.82) is 0 Å². The third-order valence-corrected chi connectivity index (χ3v) is 10.4. The molecule has 268 valence electrons. The Labute approximate surface area is 351 Å². The molecule has 2 N–H and O–H groups in total. The van der Waals surface area contributed by atoms with E-state index in [1.165, 1.54) is 30.3 Å².